The third-order valence-corrected chi connectivity index (χ3v) is 4.48. The Balaban J connectivity index is 2.86. The van der Waals surface area contributed by atoms with Gasteiger partial charge in [-0.05, 0) is 49.5 Å². The fourth-order valence-electron chi connectivity index (χ4n) is 1.72. The maximum atomic E-state index is 13.9. The van der Waals surface area contributed by atoms with Gasteiger partial charge < -0.3 is 9.97 Å². The molecule has 0 amide bonds. The molecule has 0 aliphatic carbocycles. The van der Waals surface area contributed by atoms with Gasteiger partial charge in [0.2, 0.25) is 0 Å². The van der Waals surface area contributed by atoms with Gasteiger partial charge in [-0.25, -0.2) is 8.78 Å². The molecule has 0 saturated carbocycles. The van der Waals surface area contributed by atoms with Crippen LogP contribution in [0.1, 0.15) is 47.1 Å². The molecule has 0 aliphatic rings. The van der Waals surface area contributed by atoms with Crippen LogP contribution in [0.5, 0.6) is 0 Å². The number of nitrogens with one attached hydrogen (secondary N) is 1. The van der Waals surface area contributed by atoms with E-state index in [1.807, 2.05) is 20.8 Å². The SMILES string of the molecule is C=C/C(C)=C\Nc1cc(/C=C/BOC(C)(C)C(C)(C)C)cc(F)c1F. The van der Waals surface area contributed by atoms with Crippen molar-refractivity contribution in [3.63, 3.8) is 0 Å². The van der Waals surface area contributed by atoms with Gasteiger partial charge in [0.15, 0.2) is 11.6 Å². The van der Waals surface area contributed by atoms with Crippen LogP contribution in [0.25, 0.3) is 6.08 Å². The summed E-state index contributed by atoms with van der Waals surface area (Å²) in [4.78, 5) is 0. The molecule has 1 aromatic rings. The Morgan fingerprint density at radius 2 is 1.84 bits per heavy atom. The number of anilines is 1. The van der Waals surface area contributed by atoms with Gasteiger partial charge in [-0.2, -0.15) is 0 Å². The molecule has 1 rings (SSSR count). The molecule has 0 aromatic heterocycles. The van der Waals surface area contributed by atoms with E-state index in [4.69, 9.17) is 4.65 Å². The number of benzene rings is 1. The average Bonchev–Trinajstić information content (AvgIpc) is 2.51. The summed E-state index contributed by atoms with van der Waals surface area (Å²) in [7, 11) is 0.390. The van der Waals surface area contributed by atoms with Crippen LogP contribution >= 0.6 is 0 Å². The first-order valence-corrected chi connectivity index (χ1v) is 8.33. The fourth-order valence-corrected chi connectivity index (χ4v) is 1.72. The van der Waals surface area contributed by atoms with E-state index in [9.17, 15) is 8.78 Å². The zero-order valence-electron chi connectivity index (χ0n) is 16.0. The first-order chi connectivity index (χ1) is 11.5. The molecular weight excluding hydrogens is 319 g/mol. The molecule has 0 atom stereocenters. The zero-order valence-corrected chi connectivity index (χ0v) is 16.0. The molecular formula is C20H28BF2NO. The van der Waals surface area contributed by atoms with Crippen molar-refractivity contribution in [2.45, 2.75) is 47.1 Å². The van der Waals surface area contributed by atoms with E-state index in [-0.39, 0.29) is 16.7 Å². The quantitative estimate of drug-likeness (QED) is 0.510. The Kier molecular flexibility index (Phi) is 7.18. The number of allylic oxidation sites excluding steroid dienone is 2. The summed E-state index contributed by atoms with van der Waals surface area (Å²) in [6, 6.07) is 2.71. The predicted octanol–water partition coefficient (Wildman–Crippen LogP) is 5.63. The van der Waals surface area contributed by atoms with Crippen molar-refractivity contribution in [1.82, 2.24) is 0 Å². The van der Waals surface area contributed by atoms with Gasteiger partial charge in [0.1, 0.15) is 0 Å². The highest BCUT2D eigenvalue weighted by molar-refractivity contribution is 6.35. The first kappa shape index (κ1) is 21.2. The van der Waals surface area contributed by atoms with E-state index in [0.717, 1.165) is 11.6 Å². The van der Waals surface area contributed by atoms with E-state index >= 15 is 0 Å². The Morgan fingerprint density at radius 1 is 1.20 bits per heavy atom. The second-order valence-electron chi connectivity index (χ2n) is 7.57. The maximum absolute atomic E-state index is 13.9. The van der Waals surface area contributed by atoms with Crippen molar-refractivity contribution < 1.29 is 13.4 Å². The van der Waals surface area contributed by atoms with Crippen LogP contribution in [-0.4, -0.2) is 13.1 Å². The summed E-state index contributed by atoms with van der Waals surface area (Å²) >= 11 is 0. The van der Waals surface area contributed by atoms with Crippen LogP contribution < -0.4 is 5.32 Å². The molecule has 0 unspecified atom stereocenters. The molecule has 0 radical (unpaired) electrons. The second-order valence-corrected chi connectivity index (χ2v) is 7.57. The Hall–Kier alpha value is -1.88. The highest BCUT2D eigenvalue weighted by Gasteiger charge is 2.32. The van der Waals surface area contributed by atoms with E-state index in [2.05, 4.69) is 32.7 Å². The van der Waals surface area contributed by atoms with Gasteiger partial charge in [0, 0.05) is 6.20 Å². The van der Waals surface area contributed by atoms with Crippen LogP contribution in [0.2, 0.25) is 0 Å². The standard InChI is InChI=1S/C20H28BF2NO/c1-8-14(2)13-24-17-12-15(11-16(22)18(17)23)9-10-21-25-20(6,7)19(3,4)5/h8-13,21,24H,1H2,2-7H3/b10-9+,14-13-. The number of halogens is 2. The summed E-state index contributed by atoms with van der Waals surface area (Å²) in [5.41, 5.74) is 1.15. The van der Waals surface area contributed by atoms with Crippen LogP contribution in [-0.2, 0) is 4.65 Å². The van der Waals surface area contributed by atoms with Crippen molar-refractivity contribution >= 4 is 19.2 Å². The highest BCUT2D eigenvalue weighted by atomic mass is 19.2. The average molecular weight is 347 g/mol. The van der Waals surface area contributed by atoms with Gasteiger partial charge in [-0.15, -0.1) is 0 Å². The largest absolute Gasteiger partial charge is 0.430 e. The molecule has 0 bridgehead atoms. The monoisotopic (exact) mass is 347 g/mol. The molecule has 0 fully saturated rings. The fraction of sp³-hybridized carbons (Fsp3) is 0.400. The molecule has 0 aliphatic heterocycles. The van der Waals surface area contributed by atoms with Crippen LogP contribution in [0, 0.1) is 17.0 Å². The number of hydrogen-bond donors (Lipinski definition) is 1. The van der Waals surface area contributed by atoms with Gasteiger partial charge in [-0.1, -0.05) is 45.5 Å². The summed E-state index contributed by atoms with van der Waals surface area (Å²) in [6.07, 6.45) is 4.92. The highest BCUT2D eigenvalue weighted by Crippen LogP contribution is 2.32. The van der Waals surface area contributed by atoms with Gasteiger partial charge in [0.05, 0.1) is 11.3 Å². The third kappa shape index (κ3) is 6.16. The lowest BCUT2D eigenvalue weighted by atomic mass is 9.77. The predicted molar refractivity (Wildman–Crippen MR) is 105 cm³/mol. The molecule has 0 saturated heterocycles. The molecule has 25 heavy (non-hydrogen) atoms. The van der Waals surface area contributed by atoms with Crippen molar-refractivity contribution in [2.24, 2.45) is 5.41 Å². The summed E-state index contributed by atoms with van der Waals surface area (Å²) < 4.78 is 33.6. The minimum absolute atomic E-state index is 0.00470. The van der Waals surface area contributed by atoms with Gasteiger partial charge in [-0.3, -0.25) is 0 Å². The lowest BCUT2D eigenvalue weighted by Crippen LogP contribution is -2.40. The molecule has 1 N–H and O–H groups in total. The van der Waals surface area contributed by atoms with Crippen molar-refractivity contribution in [2.75, 3.05) is 5.32 Å². The topological polar surface area (TPSA) is 21.3 Å². The normalized spacial score (nSPS) is 13.2. The Bertz CT molecular complexity index is 673. The van der Waals surface area contributed by atoms with Gasteiger partial charge >= 0.3 is 7.48 Å². The molecule has 2 nitrogen and oxygen atoms in total. The number of rotatable bonds is 7. The van der Waals surface area contributed by atoms with E-state index in [1.165, 1.54) is 0 Å². The third-order valence-electron chi connectivity index (χ3n) is 4.48. The van der Waals surface area contributed by atoms with Crippen molar-refractivity contribution in [3.05, 3.63) is 59.7 Å². The van der Waals surface area contributed by atoms with Crippen molar-refractivity contribution in [1.29, 1.82) is 0 Å². The lowest BCUT2D eigenvalue weighted by molar-refractivity contribution is 0.00483. The summed E-state index contributed by atoms with van der Waals surface area (Å²) in [6.45, 7) is 15.8. The smallest absolute Gasteiger partial charge is 0.302 e. The second kappa shape index (κ2) is 8.48. The molecule has 1 aromatic carbocycles. The Labute approximate surface area is 150 Å². The Morgan fingerprint density at radius 3 is 2.40 bits per heavy atom. The molecule has 0 spiro atoms. The summed E-state index contributed by atoms with van der Waals surface area (Å²) in [5, 5.41) is 2.77. The van der Waals surface area contributed by atoms with E-state index in [1.54, 1.807) is 30.4 Å². The number of hydrogen-bond acceptors (Lipinski definition) is 2. The van der Waals surface area contributed by atoms with Crippen LogP contribution in [0.3, 0.4) is 0 Å². The van der Waals surface area contributed by atoms with Crippen LogP contribution in [0.15, 0.2) is 42.5 Å². The minimum Gasteiger partial charge on any atom is -0.430 e. The molecule has 5 heteroatoms. The minimum atomic E-state index is -0.907. The summed E-state index contributed by atoms with van der Waals surface area (Å²) in [5.74, 6) is -0.00460. The zero-order chi connectivity index (χ0) is 19.3. The maximum Gasteiger partial charge on any atom is 0.302 e. The molecule has 0 heterocycles. The molecule has 136 valence electrons. The first-order valence-electron chi connectivity index (χ1n) is 8.33. The van der Waals surface area contributed by atoms with Crippen LogP contribution in [0.4, 0.5) is 14.5 Å². The van der Waals surface area contributed by atoms with E-state index < -0.39 is 11.6 Å². The van der Waals surface area contributed by atoms with Crippen molar-refractivity contribution in [3.8, 4) is 0 Å². The van der Waals surface area contributed by atoms with Gasteiger partial charge in [0.25, 0.3) is 0 Å². The van der Waals surface area contributed by atoms with E-state index in [0.29, 0.717) is 13.0 Å². The lowest BCUT2D eigenvalue weighted by Gasteiger charge is -2.39.